The maximum atomic E-state index is 11.1. The number of piperidine rings is 1. The molecule has 1 aliphatic rings. The lowest BCUT2D eigenvalue weighted by molar-refractivity contribution is -0.0271. The van der Waals surface area contributed by atoms with Crippen molar-refractivity contribution in [2.45, 2.75) is 45.1 Å². The van der Waals surface area contributed by atoms with Gasteiger partial charge in [-0.15, -0.1) is 12.4 Å². The molecule has 1 aromatic carbocycles. The number of benzene rings is 1. The minimum atomic E-state index is -0.696. The Balaban J connectivity index is 0.00000200. The summed E-state index contributed by atoms with van der Waals surface area (Å²) in [6.45, 7) is 7.63. The van der Waals surface area contributed by atoms with Crippen LogP contribution in [-0.4, -0.2) is 29.6 Å². The number of rotatable bonds is 5. The van der Waals surface area contributed by atoms with Crippen LogP contribution in [0.25, 0.3) is 0 Å². The molecule has 3 heteroatoms. The molecule has 0 amide bonds. The lowest BCUT2D eigenvalue weighted by Crippen LogP contribution is -2.39. The molecule has 1 aliphatic heterocycles. The highest BCUT2D eigenvalue weighted by Gasteiger charge is 2.33. The molecular formula is C17H28ClNO. The van der Waals surface area contributed by atoms with E-state index < -0.39 is 5.60 Å². The van der Waals surface area contributed by atoms with Gasteiger partial charge in [0.25, 0.3) is 0 Å². The number of likely N-dealkylation sites (tertiary alicyclic amines) is 1. The molecule has 1 aromatic rings. The van der Waals surface area contributed by atoms with Gasteiger partial charge in [0.15, 0.2) is 0 Å². The van der Waals surface area contributed by atoms with E-state index in [1.165, 1.54) is 32.4 Å². The monoisotopic (exact) mass is 297 g/mol. The first kappa shape index (κ1) is 17.5. The maximum Gasteiger partial charge on any atom is 0.0931 e. The van der Waals surface area contributed by atoms with Crippen LogP contribution in [0.1, 0.15) is 45.1 Å². The third kappa shape index (κ3) is 4.21. The number of aliphatic hydroxyl groups is 1. The van der Waals surface area contributed by atoms with Crippen LogP contribution in [-0.2, 0) is 5.60 Å². The lowest BCUT2D eigenvalue weighted by atomic mass is 9.80. The van der Waals surface area contributed by atoms with Gasteiger partial charge in [-0.1, -0.05) is 50.6 Å². The van der Waals surface area contributed by atoms with Crippen LogP contribution in [0.15, 0.2) is 30.3 Å². The minimum Gasteiger partial charge on any atom is -0.385 e. The molecule has 2 rings (SSSR count). The zero-order valence-corrected chi connectivity index (χ0v) is 13.5. The van der Waals surface area contributed by atoms with E-state index >= 15 is 0 Å². The summed E-state index contributed by atoms with van der Waals surface area (Å²) in [5.74, 6) is 0.236. The Labute approximate surface area is 129 Å². The van der Waals surface area contributed by atoms with Crippen molar-refractivity contribution < 1.29 is 5.11 Å². The summed E-state index contributed by atoms with van der Waals surface area (Å²) in [7, 11) is 0. The predicted molar refractivity (Wildman–Crippen MR) is 87.3 cm³/mol. The highest BCUT2D eigenvalue weighted by molar-refractivity contribution is 5.85. The highest BCUT2D eigenvalue weighted by atomic mass is 35.5. The van der Waals surface area contributed by atoms with Crippen LogP contribution < -0.4 is 0 Å². The molecule has 1 heterocycles. The van der Waals surface area contributed by atoms with Crippen LogP contribution in [0.3, 0.4) is 0 Å². The third-order valence-electron chi connectivity index (χ3n) is 4.49. The van der Waals surface area contributed by atoms with Crippen LogP contribution in [0, 0.1) is 5.92 Å². The van der Waals surface area contributed by atoms with Gasteiger partial charge in [0.05, 0.1) is 5.60 Å². The van der Waals surface area contributed by atoms with Crippen LogP contribution >= 0.6 is 12.4 Å². The average molecular weight is 298 g/mol. The second-order valence-electron chi connectivity index (χ2n) is 6.10. The van der Waals surface area contributed by atoms with E-state index in [-0.39, 0.29) is 18.3 Å². The Morgan fingerprint density at radius 2 is 1.70 bits per heavy atom. The third-order valence-corrected chi connectivity index (χ3v) is 4.49. The summed E-state index contributed by atoms with van der Waals surface area (Å²) in [5.41, 5.74) is 0.362. The van der Waals surface area contributed by atoms with Crippen molar-refractivity contribution in [3.05, 3.63) is 35.9 Å². The fraction of sp³-hybridized carbons (Fsp3) is 0.647. The van der Waals surface area contributed by atoms with Crippen molar-refractivity contribution in [3.63, 3.8) is 0 Å². The Kier molecular flexibility index (Phi) is 7.01. The highest BCUT2D eigenvalue weighted by Crippen LogP contribution is 2.33. The van der Waals surface area contributed by atoms with E-state index in [0.29, 0.717) is 0 Å². The van der Waals surface area contributed by atoms with Gasteiger partial charge in [0, 0.05) is 6.54 Å². The molecule has 0 aliphatic carbocycles. The molecule has 114 valence electrons. The first-order valence-corrected chi connectivity index (χ1v) is 7.63. The molecule has 0 saturated carbocycles. The largest absolute Gasteiger partial charge is 0.385 e. The molecule has 2 nitrogen and oxygen atoms in total. The first-order valence-electron chi connectivity index (χ1n) is 7.63. The van der Waals surface area contributed by atoms with E-state index in [2.05, 4.69) is 30.9 Å². The first-order chi connectivity index (χ1) is 9.13. The lowest BCUT2D eigenvalue weighted by Gasteiger charge is -2.36. The van der Waals surface area contributed by atoms with E-state index in [4.69, 9.17) is 0 Å². The van der Waals surface area contributed by atoms with Crippen molar-refractivity contribution >= 4 is 12.4 Å². The second-order valence-corrected chi connectivity index (χ2v) is 6.10. The molecule has 0 spiro atoms. The topological polar surface area (TPSA) is 23.5 Å². The molecule has 1 fully saturated rings. The second kappa shape index (κ2) is 8.02. The summed E-state index contributed by atoms with van der Waals surface area (Å²) in [6, 6.07) is 10.1. The Bertz CT molecular complexity index is 376. The van der Waals surface area contributed by atoms with Crippen molar-refractivity contribution in [2.24, 2.45) is 5.92 Å². The summed E-state index contributed by atoms with van der Waals surface area (Å²) < 4.78 is 0. The smallest absolute Gasteiger partial charge is 0.0931 e. The Hall–Kier alpha value is -0.570. The summed E-state index contributed by atoms with van der Waals surface area (Å²) >= 11 is 0. The van der Waals surface area contributed by atoms with Crippen LogP contribution in [0.2, 0.25) is 0 Å². The van der Waals surface area contributed by atoms with Gasteiger partial charge in [-0.25, -0.2) is 0 Å². The molecule has 0 aromatic heterocycles. The van der Waals surface area contributed by atoms with Crippen molar-refractivity contribution in [2.75, 3.05) is 19.6 Å². The van der Waals surface area contributed by atoms with Gasteiger partial charge in [-0.05, 0) is 43.8 Å². The van der Waals surface area contributed by atoms with Crippen molar-refractivity contribution in [3.8, 4) is 0 Å². The fourth-order valence-electron chi connectivity index (χ4n) is 3.00. The molecular weight excluding hydrogens is 270 g/mol. The number of hydrogen-bond acceptors (Lipinski definition) is 2. The summed E-state index contributed by atoms with van der Waals surface area (Å²) in [4.78, 5) is 2.50. The van der Waals surface area contributed by atoms with E-state index in [1.807, 2.05) is 18.2 Å². The quantitative estimate of drug-likeness (QED) is 0.893. The van der Waals surface area contributed by atoms with E-state index in [0.717, 1.165) is 18.5 Å². The molecule has 0 bridgehead atoms. The summed E-state index contributed by atoms with van der Waals surface area (Å²) in [5, 5.41) is 11.1. The van der Waals surface area contributed by atoms with Gasteiger partial charge in [-0.3, -0.25) is 0 Å². The van der Waals surface area contributed by atoms with Gasteiger partial charge in [0.2, 0.25) is 0 Å². The maximum absolute atomic E-state index is 11.1. The number of halogens is 1. The standard InChI is InChI=1S/C17H27NO.ClH/c1-15(2)17(19,16-9-5-3-6-10-16)11-14-18-12-7-4-8-13-18;/h3,5-6,9-10,15,19H,4,7-8,11-14H2,1-2H3;1H. The Morgan fingerprint density at radius 1 is 1.10 bits per heavy atom. The zero-order valence-electron chi connectivity index (χ0n) is 12.7. The van der Waals surface area contributed by atoms with Crippen molar-refractivity contribution in [1.82, 2.24) is 4.90 Å². The van der Waals surface area contributed by atoms with Crippen molar-refractivity contribution in [1.29, 1.82) is 0 Å². The predicted octanol–water partition coefficient (Wildman–Crippen LogP) is 3.83. The number of hydrogen-bond donors (Lipinski definition) is 1. The van der Waals surface area contributed by atoms with Gasteiger partial charge < -0.3 is 10.0 Å². The van der Waals surface area contributed by atoms with Gasteiger partial charge >= 0.3 is 0 Å². The normalized spacial score (nSPS) is 19.4. The molecule has 1 N–H and O–H groups in total. The average Bonchev–Trinajstić information content (AvgIpc) is 2.46. The SMILES string of the molecule is CC(C)C(O)(CCN1CCCCC1)c1ccccc1.Cl. The van der Waals surface area contributed by atoms with Crippen LogP contribution in [0.5, 0.6) is 0 Å². The van der Waals surface area contributed by atoms with Gasteiger partial charge in [0.1, 0.15) is 0 Å². The van der Waals surface area contributed by atoms with E-state index in [1.54, 1.807) is 0 Å². The zero-order chi connectivity index (χ0) is 13.7. The van der Waals surface area contributed by atoms with E-state index in [9.17, 15) is 5.11 Å². The Morgan fingerprint density at radius 3 is 2.25 bits per heavy atom. The minimum absolute atomic E-state index is 0. The molecule has 20 heavy (non-hydrogen) atoms. The molecule has 1 unspecified atom stereocenters. The van der Waals surface area contributed by atoms with Gasteiger partial charge in [-0.2, -0.15) is 0 Å². The molecule has 1 saturated heterocycles. The molecule has 0 radical (unpaired) electrons. The van der Waals surface area contributed by atoms with Crippen LogP contribution in [0.4, 0.5) is 0 Å². The molecule has 1 atom stereocenters. The fourth-order valence-corrected chi connectivity index (χ4v) is 3.00. The number of nitrogens with zero attached hydrogens (tertiary/aromatic N) is 1. The summed E-state index contributed by atoms with van der Waals surface area (Å²) in [6.07, 6.45) is 4.81.